The lowest BCUT2D eigenvalue weighted by Crippen LogP contribution is -2.60. The topological polar surface area (TPSA) is 175 Å². The number of methoxy groups -OCH3 is 1. The van der Waals surface area contributed by atoms with Crippen LogP contribution in [-0.2, 0) is 31.9 Å². The third-order valence-corrected chi connectivity index (χ3v) is 6.74. The van der Waals surface area contributed by atoms with Crippen LogP contribution in [-0.4, -0.2) is 86.6 Å². The number of hydrogen-bond donors (Lipinski definition) is 3. The lowest BCUT2D eigenvalue weighted by molar-refractivity contribution is -0.164. The fourth-order valence-electron chi connectivity index (χ4n) is 4.86. The first-order chi connectivity index (χ1) is 20.9. The summed E-state index contributed by atoms with van der Waals surface area (Å²) < 4.78 is 17.2. The molecule has 0 spiro atoms. The number of hydrogen-bond acceptors (Lipinski definition) is 9. The SMILES string of the molecule is COc1ccc(C[C@H](NC(=O)OC(C)(C)C)C(=O)N(C(C)Cc2cn(C(N)=O)cn2)[C@H](CC(C)C)[C@H](O)C(=O)OC(C)C)cc1. The fraction of sp³-hybridized carbons (Fsp3) is 0.594. The summed E-state index contributed by atoms with van der Waals surface area (Å²) in [6.45, 7) is 14.0. The van der Waals surface area contributed by atoms with Crippen molar-refractivity contribution in [3.8, 4) is 5.75 Å². The van der Waals surface area contributed by atoms with Crippen molar-refractivity contribution in [2.24, 2.45) is 11.7 Å². The van der Waals surface area contributed by atoms with Crippen LogP contribution in [0.25, 0.3) is 0 Å². The van der Waals surface area contributed by atoms with Gasteiger partial charge in [0.25, 0.3) is 0 Å². The first kappa shape index (κ1) is 37.1. The van der Waals surface area contributed by atoms with Gasteiger partial charge in [-0.15, -0.1) is 0 Å². The number of alkyl carbamates (subject to hydrolysis) is 1. The number of esters is 1. The highest BCUT2D eigenvalue weighted by Gasteiger charge is 2.41. The lowest BCUT2D eigenvalue weighted by Gasteiger charge is -2.41. The number of carbonyl (C=O) groups excluding carboxylic acids is 4. The summed E-state index contributed by atoms with van der Waals surface area (Å²) in [7, 11) is 1.54. The molecule has 0 saturated heterocycles. The Morgan fingerprint density at radius 1 is 1.04 bits per heavy atom. The minimum absolute atomic E-state index is 0.0491. The van der Waals surface area contributed by atoms with E-state index in [0.717, 1.165) is 10.1 Å². The molecule has 0 bridgehead atoms. The molecule has 1 heterocycles. The molecule has 45 heavy (non-hydrogen) atoms. The van der Waals surface area contributed by atoms with Crippen LogP contribution in [0.3, 0.4) is 0 Å². The highest BCUT2D eigenvalue weighted by atomic mass is 16.6. The Hall–Kier alpha value is -4.13. The van der Waals surface area contributed by atoms with E-state index in [-0.39, 0.29) is 25.2 Å². The van der Waals surface area contributed by atoms with E-state index in [1.54, 1.807) is 72.9 Å². The maximum absolute atomic E-state index is 14.7. The minimum atomic E-state index is -1.69. The van der Waals surface area contributed by atoms with Gasteiger partial charge in [0.1, 0.15) is 23.7 Å². The molecule has 2 aromatic rings. The second-order valence-electron chi connectivity index (χ2n) is 12.8. The van der Waals surface area contributed by atoms with Gasteiger partial charge in [-0.05, 0) is 71.6 Å². The largest absolute Gasteiger partial charge is 0.497 e. The maximum atomic E-state index is 14.7. The zero-order valence-corrected chi connectivity index (χ0v) is 27.8. The van der Waals surface area contributed by atoms with E-state index in [4.69, 9.17) is 19.9 Å². The van der Waals surface area contributed by atoms with Crippen molar-refractivity contribution < 1.29 is 38.5 Å². The second-order valence-corrected chi connectivity index (χ2v) is 12.8. The highest BCUT2D eigenvalue weighted by Crippen LogP contribution is 2.24. The van der Waals surface area contributed by atoms with Gasteiger partial charge in [-0.1, -0.05) is 26.0 Å². The summed E-state index contributed by atoms with van der Waals surface area (Å²) in [5.41, 5.74) is 5.72. The van der Waals surface area contributed by atoms with E-state index in [1.165, 1.54) is 17.4 Å². The molecule has 1 aromatic heterocycles. The van der Waals surface area contributed by atoms with Crippen molar-refractivity contribution in [1.82, 2.24) is 19.8 Å². The maximum Gasteiger partial charge on any atom is 0.408 e. The second kappa shape index (κ2) is 16.3. The normalized spacial score (nSPS) is 14.3. The molecule has 0 aliphatic heterocycles. The van der Waals surface area contributed by atoms with Crippen LogP contribution < -0.4 is 15.8 Å². The Kier molecular flexibility index (Phi) is 13.4. The molecule has 1 aromatic carbocycles. The summed E-state index contributed by atoms with van der Waals surface area (Å²) in [6, 6.07) is 3.47. The fourth-order valence-corrected chi connectivity index (χ4v) is 4.86. The Bertz CT molecular complexity index is 1290. The minimum Gasteiger partial charge on any atom is -0.497 e. The van der Waals surface area contributed by atoms with Crippen LogP contribution in [0.1, 0.15) is 73.1 Å². The van der Waals surface area contributed by atoms with Gasteiger partial charge in [0, 0.05) is 25.1 Å². The van der Waals surface area contributed by atoms with E-state index in [9.17, 15) is 24.3 Å². The summed E-state index contributed by atoms with van der Waals surface area (Å²) in [5.74, 6) is -0.853. The van der Waals surface area contributed by atoms with Gasteiger partial charge >= 0.3 is 18.1 Å². The molecule has 0 radical (unpaired) electrons. The van der Waals surface area contributed by atoms with Crippen LogP contribution in [0.15, 0.2) is 36.8 Å². The third kappa shape index (κ3) is 11.7. The predicted octanol–water partition coefficient (Wildman–Crippen LogP) is 3.44. The van der Waals surface area contributed by atoms with Crippen LogP contribution in [0.5, 0.6) is 5.75 Å². The molecule has 2 rings (SSSR count). The molecule has 13 nitrogen and oxygen atoms in total. The van der Waals surface area contributed by atoms with Gasteiger partial charge in [-0.2, -0.15) is 0 Å². The molecular weight excluding hydrogens is 582 g/mol. The molecule has 3 amide bonds. The van der Waals surface area contributed by atoms with E-state index < -0.39 is 59.9 Å². The lowest BCUT2D eigenvalue weighted by atomic mass is 9.93. The van der Waals surface area contributed by atoms with Gasteiger partial charge in [-0.25, -0.2) is 19.4 Å². The Morgan fingerprint density at radius 3 is 2.16 bits per heavy atom. The van der Waals surface area contributed by atoms with Crippen LogP contribution >= 0.6 is 0 Å². The van der Waals surface area contributed by atoms with Gasteiger partial charge in [0.15, 0.2) is 6.10 Å². The number of ether oxygens (including phenoxy) is 3. The van der Waals surface area contributed by atoms with E-state index in [0.29, 0.717) is 11.4 Å². The Morgan fingerprint density at radius 2 is 1.67 bits per heavy atom. The van der Waals surface area contributed by atoms with Crippen LogP contribution in [0.4, 0.5) is 9.59 Å². The Balaban J connectivity index is 2.63. The average Bonchev–Trinajstić information content (AvgIpc) is 3.39. The summed E-state index contributed by atoms with van der Waals surface area (Å²) in [5, 5.41) is 14.1. The van der Waals surface area contributed by atoms with E-state index in [1.807, 2.05) is 13.8 Å². The number of aromatic nitrogens is 2. The summed E-state index contributed by atoms with van der Waals surface area (Å²) >= 11 is 0. The van der Waals surface area contributed by atoms with Gasteiger partial charge in [-0.3, -0.25) is 9.36 Å². The number of nitrogens with one attached hydrogen (secondary N) is 1. The first-order valence-electron chi connectivity index (χ1n) is 15.1. The number of nitrogens with zero attached hydrogens (tertiary/aromatic N) is 3. The van der Waals surface area contributed by atoms with Crippen molar-refractivity contribution in [3.05, 3.63) is 48.0 Å². The number of carbonyl (C=O) groups is 4. The smallest absolute Gasteiger partial charge is 0.408 e. The molecule has 4 N–H and O–H groups in total. The number of primary amides is 1. The highest BCUT2D eigenvalue weighted by molar-refractivity contribution is 5.87. The van der Waals surface area contributed by atoms with Gasteiger partial charge in [0.2, 0.25) is 5.91 Å². The predicted molar refractivity (Wildman–Crippen MR) is 168 cm³/mol. The number of imidazole rings is 1. The number of nitrogens with two attached hydrogens (primary N) is 1. The summed E-state index contributed by atoms with van der Waals surface area (Å²) in [4.78, 5) is 58.0. The number of rotatable bonds is 14. The molecule has 0 fully saturated rings. The van der Waals surface area contributed by atoms with Crippen LogP contribution in [0, 0.1) is 5.92 Å². The summed E-state index contributed by atoms with van der Waals surface area (Å²) in [6.07, 6.45) is 0.195. The standard InChI is InChI=1S/C32H49N5O8/c1-19(2)14-26(27(38)29(40)44-20(3)4)37(21(5)15-23-17-36(18-34-23)30(33)41)28(39)25(35-31(42)45-32(6,7)8)16-22-10-12-24(43-9)13-11-22/h10-13,17-21,25-27,38H,14-16H2,1-9H3,(H2,33,41)(H,35,42)/t21?,25-,26+,27-/m0/s1. The quantitative estimate of drug-likeness (QED) is 0.264. The monoisotopic (exact) mass is 631 g/mol. The Labute approximate surface area is 265 Å². The third-order valence-electron chi connectivity index (χ3n) is 6.74. The van der Waals surface area contributed by atoms with Crippen molar-refractivity contribution in [3.63, 3.8) is 0 Å². The molecule has 1 unspecified atom stereocenters. The molecule has 0 saturated carbocycles. The number of amides is 3. The molecule has 13 heteroatoms. The van der Waals surface area contributed by atoms with Crippen LogP contribution in [0.2, 0.25) is 0 Å². The van der Waals surface area contributed by atoms with Crippen molar-refractivity contribution in [1.29, 1.82) is 0 Å². The zero-order valence-electron chi connectivity index (χ0n) is 27.8. The molecule has 250 valence electrons. The van der Waals surface area contributed by atoms with Gasteiger partial charge < -0.3 is 35.3 Å². The zero-order chi connectivity index (χ0) is 34.1. The van der Waals surface area contributed by atoms with Crippen molar-refractivity contribution in [2.75, 3.05) is 7.11 Å². The van der Waals surface area contributed by atoms with E-state index in [2.05, 4.69) is 10.3 Å². The number of aliphatic hydroxyl groups is 1. The average molecular weight is 632 g/mol. The number of aliphatic hydroxyl groups excluding tert-OH is 1. The van der Waals surface area contributed by atoms with Gasteiger partial charge in [0.05, 0.1) is 24.9 Å². The van der Waals surface area contributed by atoms with Crippen molar-refractivity contribution >= 4 is 24.0 Å². The number of benzene rings is 1. The molecule has 0 aliphatic carbocycles. The molecule has 0 aliphatic rings. The molecular formula is C32H49N5O8. The molecule has 4 atom stereocenters. The van der Waals surface area contributed by atoms with Crippen molar-refractivity contribution in [2.45, 2.75) is 111 Å². The first-order valence-corrected chi connectivity index (χ1v) is 15.1. The van der Waals surface area contributed by atoms with E-state index >= 15 is 0 Å².